The number of carbonyl (C=O) groups excluding carboxylic acids is 1. The molecule has 0 aliphatic rings. The molecule has 0 saturated heterocycles. The van der Waals surface area contributed by atoms with E-state index in [-0.39, 0.29) is 11.9 Å². The van der Waals surface area contributed by atoms with Crippen LogP contribution in [-0.2, 0) is 0 Å². The molecule has 0 aliphatic carbocycles. The molecule has 0 aliphatic heterocycles. The maximum Gasteiger partial charge on any atom is 0.251 e. The second kappa shape index (κ2) is 6.10. The molecule has 0 unspecified atom stereocenters. The number of carbonyl (C=O) groups is 1. The fourth-order valence-electron chi connectivity index (χ4n) is 1.95. The average molecular weight is 270 g/mol. The zero-order valence-electron chi connectivity index (χ0n) is 11.6. The first-order chi connectivity index (χ1) is 9.60. The van der Waals surface area contributed by atoms with Crippen LogP contribution in [0.3, 0.4) is 0 Å². The molecule has 1 atom stereocenters. The molecule has 0 heterocycles. The van der Waals surface area contributed by atoms with Gasteiger partial charge in [-0.25, -0.2) is 0 Å². The van der Waals surface area contributed by atoms with Crippen molar-refractivity contribution in [3.8, 4) is 5.75 Å². The summed E-state index contributed by atoms with van der Waals surface area (Å²) >= 11 is 0. The van der Waals surface area contributed by atoms with Crippen molar-refractivity contribution in [2.75, 3.05) is 12.8 Å². The van der Waals surface area contributed by atoms with Crippen molar-refractivity contribution in [3.05, 3.63) is 59.7 Å². The molecule has 2 aromatic rings. The van der Waals surface area contributed by atoms with E-state index in [0.717, 1.165) is 11.3 Å². The number of amides is 1. The summed E-state index contributed by atoms with van der Waals surface area (Å²) < 4.78 is 5.18. The van der Waals surface area contributed by atoms with Gasteiger partial charge >= 0.3 is 0 Å². The molecular weight excluding hydrogens is 252 g/mol. The molecule has 0 fully saturated rings. The topological polar surface area (TPSA) is 64.3 Å². The molecule has 4 heteroatoms. The fraction of sp³-hybridized carbons (Fsp3) is 0.188. The molecule has 0 saturated carbocycles. The highest BCUT2D eigenvalue weighted by atomic mass is 16.5. The number of nitrogens with one attached hydrogen (secondary N) is 1. The summed E-state index contributed by atoms with van der Waals surface area (Å²) in [5.74, 6) is 0.625. The first-order valence-corrected chi connectivity index (χ1v) is 6.40. The molecule has 104 valence electrons. The Morgan fingerprint density at radius 1 is 1.20 bits per heavy atom. The molecule has 1 amide bonds. The Bertz CT molecular complexity index is 611. The Kier molecular flexibility index (Phi) is 4.25. The first kappa shape index (κ1) is 13.9. The second-order valence-electron chi connectivity index (χ2n) is 4.60. The normalized spacial score (nSPS) is 11.7. The summed E-state index contributed by atoms with van der Waals surface area (Å²) in [5, 5.41) is 2.94. The van der Waals surface area contributed by atoms with Gasteiger partial charge in [-0.3, -0.25) is 4.79 Å². The van der Waals surface area contributed by atoms with Crippen molar-refractivity contribution in [2.24, 2.45) is 0 Å². The van der Waals surface area contributed by atoms with Crippen LogP contribution in [0.4, 0.5) is 5.69 Å². The zero-order chi connectivity index (χ0) is 14.5. The lowest BCUT2D eigenvalue weighted by Gasteiger charge is -2.15. The number of anilines is 1. The maximum absolute atomic E-state index is 12.1. The molecule has 3 N–H and O–H groups in total. The molecule has 2 aromatic carbocycles. The predicted octanol–water partition coefficient (Wildman–Crippen LogP) is 2.77. The molecule has 4 nitrogen and oxygen atoms in total. The van der Waals surface area contributed by atoms with Gasteiger partial charge in [0.1, 0.15) is 5.75 Å². The SMILES string of the molecule is COc1cccc([C@@H](C)NC(=O)c2cccc(N)c2)c1. The van der Waals surface area contributed by atoms with Gasteiger partial charge in [0.15, 0.2) is 0 Å². The van der Waals surface area contributed by atoms with E-state index in [1.165, 1.54) is 0 Å². The Hall–Kier alpha value is -2.49. The van der Waals surface area contributed by atoms with Crippen LogP contribution in [0.15, 0.2) is 48.5 Å². The summed E-state index contributed by atoms with van der Waals surface area (Å²) in [6.07, 6.45) is 0. The highest BCUT2D eigenvalue weighted by molar-refractivity contribution is 5.95. The summed E-state index contributed by atoms with van der Waals surface area (Å²) in [6, 6.07) is 14.4. The van der Waals surface area contributed by atoms with E-state index >= 15 is 0 Å². The lowest BCUT2D eigenvalue weighted by Crippen LogP contribution is -2.26. The number of benzene rings is 2. The third-order valence-electron chi connectivity index (χ3n) is 3.09. The Balaban J connectivity index is 2.10. The number of hydrogen-bond acceptors (Lipinski definition) is 3. The summed E-state index contributed by atoms with van der Waals surface area (Å²) in [7, 11) is 1.62. The molecule has 0 spiro atoms. The van der Waals surface area contributed by atoms with Crippen molar-refractivity contribution < 1.29 is 9.53 Å². The number of rotatable bonds is 4. The zero-order valence-corrected chi connectivity index (χ0v) is 11.6. The summed E-state index contributed by atoms with van der Waals surface area (Å²) in [5.41, 5.74) is 7.80. The second-order valence-corrected chi connectivity index (χ2v) is 4.60. The van der Waals surface area contributed by atoms with Crippen LogP contribution in [-0.4, -0.2) is 13.0 Å². The van der Waals surface area contributed by atoms with Crippen LogP contribution < -0.4 is 15.8 Å². The molecule has 20 heavy (non-hydrogen) atoms. The number of methoxy groups -OCH3 is 1. The van der Waals surface area contributed by atoms with Gasteiger partial charge in [-0.05, 0) is 42.8 Å². The molecule has 0 bridgehead atoms. The standard InChI is InChI=1S/C16H18N2O2/c1-11(12-5-4-8-15(10-12)20-2)18-16(19)13-6-3-7-14(17)9-13/h3-11H,17H2,1-2H3,(H,18,19)/t11-/m1/s1. The van der Waals surface area contributed by atoms with Crippen LogP contribution in [0.25, 0.3) is 0 Å². The average Bonchev–Trinajstić information content (AvgIpc) is 2.47. The van der Waals surface area contributed by atoms with E-state index in [0.29, 0.717) is 11.3 Å². The van der Waals surface area contributed by atoms with Crippen molar-refractivity contribution in [1.29, 1.82) is 0 Å². The number of ether oxygens (including phenoxy) is 1. The Morgan fingerprint density at radius 3 is 2.65 bits per heavy atom. The molecule has 0 aromatic heterocycles. The lowest BCUT2D eigenvalue weighted by molar-refractivity contribution is 0.0940. The molecular formula is C16H18N2O2. The smallest absolute Gasteiger partial charge is 0.251 e. The lowest BCUT2D eigenvalue weighted by atomic mass is 10.1. The van der Waals surface area contributed by atoms with Crippen LogP contribution in [0.2, 0.25) is 0 Å². The minimum absolute atomic E-state index is 0.112. The third kappa shape index (κ3) is 3.29. The first-order valence-electron chi connectivity index (χ1n) is 6.40. The van der Waals surface area contributed by atoms with Gasteiger partial charge < -0.3 is 15.8 Å². The van der Waals surface area contributed by atoms with Crippen LogP contribution in [0, 0.1) is 0 Å². The highest BCUT2D eigenvalue weighted by Gasteiger charge is 2.12. The van der Waals surface area contributed by atoms with Crippen molar-refractivity contribution in [3.63, 3.8) is 0 Å². The Labute approximate surface area is 118 Å². The van der Waals surface area contributed by atoms with Crippen LogP contribution in [0.1, 0.15) is 28.9 Å². The van der Waals surface area contributed by atoms with Gasteiger partial charge in [0.25, 0.3) is 5.91 Å². The minimum atomic E-state index is -0.146. The van der Waals surface area contributed by atoms with E-state index in [1.54, 1.807) is 31.4 Å². The minimum Gasteiger partial charge on any atom is -0.497 e. The maximum atomic E-state index is 12.1. The van der Waals surface area contributed by atoms with Gasteiger partial charge in [0.05, 0.1) is 13.2 Å². The quantitative estimate of drug-likeness (QED) is 0.840. The predicted molar refractivity (Wildman–Crippen MR) is 79.7 cm³/mol. The van der Waals surface area contributed by atoms with Gasteiger partial charge in [-0.15, -0.1) is 0 Å². The van der Waals surface area contributed by atoms with Crippen molar-refractivity contribution in [2.45, 2.75) is 13.0 Å². The van der Waals surface area contributed by atoms with Crippen LogP contribution >= 0.6 is 0 Å². The molecule has 2 rings (SSSR count). The van der Waals surface area contributed by atoms with Crippen molar-refractivity contribution in [1.82, 2.24) is 5.32 Å². The summed E-state index contributed by atoms with van der Waals surface area (Å²) in [4.78, 5) is 12.1. The monoisotopic (exact) mass is 270 g/mol. The fourth-order valence-corrected chi connectivity index (χ4v) is 1.95. The van der Waals surface area contributed by atoms with E-state index in [2.05, 4.69) is 5.32 Å². The summed E-state index contributed by atoms with van der Waals surface area (Å²) in [6.45, 7) is 1.93. The molecule has 0 radical (unpaired) electrons. The van der Waals surface area contributed by atoms with Gasteiger partial charge in [0, 0.05) is 11.3 Å². The van der Waals surface area contributed by atoms with E-state index in [9.17, 15) is 4.79 Å². The van der Waals surface area contributed by atoms with Crippen molar-refractivity contribution >= 4 is 11.6 Å². The Morgan fingerprint density at radius 2 is 1.95 bits per heavy atom. The number of nitrogen functional groups attached to an aromatic ring is 1. The van der Waals surface area contributed by atoms with E-state index in [4.69, 9.17) is 10.5 Å². The highest BCUT2D eigenvalue weighted by Crippen LogP contribution is 2.19. The van der Waals surface area contributed by atoms with Crippen LogP contribution in [0.5, 0.6) is 5.75 Å². The number of nitrogens with two attached hydrogens (primary N) is 1. The van der Waals surface area contributed by atoms with E-state index in [1.807, 2.05) is 31.2 Å². The van der Waals surface area contributed by atoms with Gasteiger partial charge in [-0.1, -0.05) is 18.2 Å². The van der Waals surface area contributed by atoms with Gasteiger partial charge in [-0.2, -0.15) is 0 Å². The third-order valence-corrected chi connectivity index (χ3v) is 3.09. The van der Waals surface area contributed by atoms with Gasteiger partial charge in [0.2, 0.25) is 0 Å². The van der Waals surface area contributed by atoms with E-state index < -0.39 is 0 Å². The number of hydrogen-bond donors (Lipinski definition) is 2. The largest absolute Gasteiger partial charge is 0.497 e.